The van der Waals surface area contributed by atoms with Crippen molar-refractivity contribution >= 4 is 30.4 Å². The Labute approximate surface area is 116 Å². The molecule has 0 saturated carbocycles. The molecule has 0 atom stereocenters. The second kappa shape index (κ2) is 5.46. The highest BCUT2D eigenvalue weighted by molar-refractivity contribution is 7.05. The lowest BCUT2D eigenvalue weighted by molar-refractivity contribution is -0.130. The summed E-state index contributed by atoms with van der Waals surface area (Å²) in [5, 5.41) is 0. The fourth-order valence-electron chi connectivity index (χ4n) is 2.71. The first-order valence-corrected chi connectivity index (χ1v) is 17.0. The highest BCUT2D eigenvalue weighted by Crippen LogP contribution is 2.29. The van der Waals surface area contributed by atoms with Crippen molar-refractivity contribution in [3.05, 3.63) is 10.4 Å². The molecule has 0 aliphatic rings. The van der Waals surface area contributed by atoms with Gasteiger partial charge in [-0.25, -0.2) is 4.79 Å². The summed E-state index contributed by atoms with van der Waals surface area (Å²) >= 11 is 0. The summed E-state index contributed by atoms with van der Waals surface area (Å²) in [6, 6.07) is 0. The Hall–Kier alpha value is -0.139. The van der Waals surface area contributed by atoms with Crippen LogP contribution in [0.15, 0.2) is 10.4 Å². The molecule has 0 unspecified atom stereocenters. The van der Waals surface area contributed by atoms with Crippen molar-refractivity contribution in [2.45, 2.75) is 65.8 Å². The molecule has 0 spiro atoms. The van der Waals surface area contributed by atoms with Gasteiger partial charge in [0.05, 0.1) is 16.1 Å². The molecule has 106 valence electrons. The molecule has 0 bridgehead atoms. The molecule has 0 aliphatic carbocycles. The lowest BCUT2D eigenvalue weighted by Crippen LogP contribution is -2.42. The van der Waals surface area contributed by atoms with E-state index in [2.05, 4.69) is 58.9 Å². The van der Waals surface area contributed by atoms with Crippen molar-refractivity contribution in [1.29, 1.82) is 0 Å². The molecule has 0 aromatic heterocycles. The first-order chi connectivity index (χ1) is 7.66. The minimum absolute atomic E-state index is 0.0750. The molecule has 0 saturated heterocycles. The molecule has 0 aromatic carbocycles. The molecule has 0 amide bonds. The van der Waals surface area contributed by atoms with Gasteiger partial charge in [0.25, 0.3) is 0 Å². The average Bonchev–Trinajstić information content (AvgIpc) is 1.93. The summed E-state index contributed by atoms with van der Waals surface area (Å²) in [7, 11) is -4.73. The van der Waals surface area contributed by atoms with E-state index in [1.807, 2.05) is 6.92 Å². The van der Waals surface area contributed by atoms with Crippen LogP contribution in [-0.4, -0.2) is 30.4 Å². The van der Waals surface area contributed by atoms with Gasteiger partial charge in [0.1, 0.15) is 0 Å². The lowest BCUT2D eigenvalue weighted by atomic mass is 10.4. The van der Waals surface area contributed by atoms with E-state index in [9.17, 15) is 4.79 Å². The molecule has 0 aliphatic heterocycles. The van der Waals surface area contributed by atoms with Gasteiger partial charge in [0.2, 0.25) is 8.32 Å². The summed E-state index contributed by atoms with van der Waals surface area (Å²) < 4.78 is 5.66. The summed E-state index contributed by atoms with van der Waals surface area (Å²) in [5.74, 6) is -0.0750. The predicted molar refractivity (Wildman–Crippen MR) is 88.8 cm³/mol. The van der Waals surface area contributed by atoms with Crippen LogP contribution in [0.5, 0.6) is 0 Å². The summed E-state index contributed by atoms with van der Waals surface area (Å²) in [5.41, 5.74) is 0.899. The Morgan fingerprint density at radius 2 is 1.11 bits per heavy atom. The van der Waals surface area contributed by atoms with Gasteiger partial charge < -0.3 is 4.43 Å². The second-order valence-electron chi connectivity index (χ2n) is 8.00. The highest BCUT2D eigenvalue weighted by atomic mass is 28.4. The van der Waals surface area contributed by atoms with E-state index in [1.54, 1.807) is 0 Å². The maximum Gasteiger partial charge on any atom is 0.319 e. The minimum atomic E-state index is -1.80. The number of rotatable bonds is 4. The van der Waals surface area contributed by atoms with Crippen molar-refractivity contribution in [2.24, 2.45) is 0 Å². The first kappa shape index (κ1) is 17.9. The number of carbonyl (C=O) groups excluding carboxylic acids is 1. The third-order valence-electron chi connectivity index (χ3n) is 2.58. The van der Waals surface area contributed by atoms with Crippen LogP contribution in [0.2, 0.25) is 58.9 Å². The van der Waals surface area contributed by atoms with E-state index in [0.717, 1.165) is 5.57 Å². The van der Waals surface area contributed by atoms with Gasteiger partial charge in [0.15, 0.2) is 0 Å². The molecule has 0 radical (unpaired) electrons. The quantitative estimate of drug-likeness (QED) is 0.567. The normalized spacial score (nSPS) is 13.2. The molecule has 18 heavy (non-hydrogen) atoms. The van der Waals surface area contributed by atoms with Crippen LogP contribution in [0.25, 0.3) is 0 Å². The monoisotopic (exact) mass is 302 g/mol. The molecule has 0 N–H and O–H groups in total. The van der Waals surface area contributed by atoms with Crippen molar-refractivity contribution in [3.8, 4) is 0 Å². The van der Waals surface area contributed by atoms with Gasteiger partial charge >= 0.3 is 5.97 Å². The van der Waals surface area contributed by atoms with E-state index in [-0.39, 0.29) is 5.97 Å². The van der Waals surface area contributed by atoms with Crippen molar-refractivity contribution in [2.75, 3.05) is 0 Å². The average molecular weight is 303 g/mol. The van der Waals surface area contributed by atoms with E-state index in [0.29, 0.717) is 0 Å². The Balaban J connectivity index is 5.58. The van der Waals surface area contributed by atoms with Crippen LogP contribution >= 0.6 is 0 Å². The smallest absolute Gasteiger partial charge is 0.319 e. The molecular formula is C13H30O2Si3. The van der Waals surface area contributed by atoms with Crippen LogP contribution in [0.4, 0.5) is 0 Å². The third-order valence-corrected chi connectivity index (χ3v) is 11.6. The maximum absolute atomic E-state index is 12.3. The van der Waals surface area contributed by atoms with E-state index in [4.69, 9.17) is 4.43 Å². The molecule has 0 rings (SSSR count). The predicted octanol–water partition coefficient (Wildman–Crippen LogP) is 4.44. The maximum atomic E-state index is 12.3. The Morgan fingerprint density at radius 3 is 1.33 bits per heavy atom. The zero-order chi connectivity index (χ0) is 14.9. The number of carbonyl (C=O) groups is 1. The van der Waals surface area contributed by atoms with Crippen LogP contribution in [0.1, 0.15) is 6.92 Å². The van der Waals surface area contributed by atoms with Crippen LogP contribution in [0, 0.1) is 0 Å². The number of hydrogen-bond donors (Lipinski definition) is 0. The molecule has 0 fully saturated rings. The van der Waals surface area contributed by atoms with E-state index in [1.165, 1.54) is 4.82 Å². The Morgan fingerprint density at radius 1 is 0.778 bits per heavy atom. The lowest BCUT2D eigenvalue weighted by Gasteiger charge is -2.33. The van der Waals surface area contributed by atoms with Gasteiger partial charge in [-0.15, -0.1) is 0 Å². The molecule has 0 aromatic rings. The topological polar surface area (TPSA) is 26.3 Å². The van der Waals surface area contributed by atoms with Crippen molar-refractivity contribution < 1.29 is 9.22 Å². The Kier molecular flexibility index (Phi) is 5.42. The summed E-state index contributed by atoms with van der Waals surface area (Å²) in [6.07, 6.45) is 0. The molecular weight excluding hydrogens is 272 g/mol. The molecule has 2 nitrogen and oxygen atoms in total. The standard InChI is InChI=1S/C13H30O2Si3/c1-11(12(14)15-18(8,9)10)13(16(2,3)4)17(5,6)7/h1-10H3. The second-order valence-corrected chi connectivity index (χ2v) is 22.9. The van der Waals surface area contributed by atoms with Crippen LogP contribution < -0.4 is 0 Å². The largest absolute Gasteiger partial charge is 0.517 e. The third kappa shape index (κ3) is 5.67. The number of hydrogen-bond acceptors (Lipinski definition) is 2. The van der Waals surface area contributed by atoms with E-state index >= 15 is 0 Å². The fourth-order valence-corrected chi connectivity index (χ4v) is 14.9. The van der Waals surface area contributed by atoms with Gasteiger partial charge in [-0.05, 0) is 26.6 Å². The minimum Gasteiger partial charge on any atom is -0.517 e. The fraction of sp³-hybridized carbons (Fsp3) is 0.769. The van der Waals surface area contributed by atoms with Gasteiger partial charge in [0, 0.05) is 5.57 Å². The zero-order valence-electron chi connectivity index (χ0n) is 13.8. The molecule has 5 heteroatoms. The SMILES string of the molecule is CC(C(=O)O[Si](C)(C)C)=C([Si](C)(C)C)[Si](C)(C)C. The first-order valence-electron chi connectivity index (χ1n) is 6.61. The zero-order valence-corrected chi connectivity index (χ0v) is 16.8. The van der Waals surface area contributed by atoms with Crippen LogP contribution in [-0.2, 0) is 9.22 Å². The van der Waals surface area contributed by atoms with Crippen molar-refractivity contribution in [1.82, 2.24) is 0 Å². The van der Waals surface area contributed by atoms with Gasteiger partial charge in [-0.3, -0.25) is 0 Å². The highest BCUT2D eigenvalue weighted by Gasteiger charge is 2.35. The van der Waals surface area contributed by atoms with E-state index < -0.39 is 24.5 Å². The van der Waals surface area contributed by atoms with Gasteiger partial charge in [-0.2, -0.15) is 0 Å². The summed E-state index contributed by atoms with van der Waals surface area (Å²) in [4.78, 5) is 13.7. The Bertz CT molecular complexity index is 336. The molecule has 0 heterocycles. The summed E-state index contributed by atoms with van der Waals surface area (Å²) in [6.45, 7) is 22.1. The van der Waals surface area contributed by atoms with Gasteiger partial charge in [-0.1, -0.05) is 44.1 Å². The van der Waals surface area contributed by atoms with Crippen LogP contribution in [0.3, 0.4) is 0 Å². The van der Waals surface area contributed by atoms with Crippen molar-refractivity contribution in [3.63, 3.8) is 0 Å².